The summed E-state index contributed by atoms with van der Waals surface area (Å²) in [7, 11) is 0. The van der Waals surface area contributed by atoms with Gasteiger partial charge in [0.05, 0.1) is 21.7 Å². The van der Waals surface area contributed by atoms with Crippen molar-refractivity contribution in [2.45, 2.75) is 33.8 Å². The molecule has 0 spiro atoms. The molecule has 29 heavy (non-hydrogen) atoms. The van der Waals surface area contributed by atoms with Gasteiger partial charge >= 0.3 is 0 Å². The van der Waals surface area contributed by atoms with Crippen LogP contribution in [0.25, 0.3) is 22.2 Å². The molecule has 0 radical (unpaired) electrons. The molecule has 0 aliphatic heterocycles. The second-order valence-electron chi connectivity index (χ2n) is 6.84. The monoisotopic (exact) mass is 409 g/mol. The quantitative estimate of drug-likeness (QED) is 0.417. The van der Waals surface area contributed by atoms with Crippen molar-refractivity contribution in [3.05, 3.63) is 79.7 Å². The molecule has 0 atom stereocenters. The van der Waals surface area contributed by atoms with Crippen LogP contribution in [0.15, 0.2) is 51.0 Å². The van der Waals surface area contributed by atoms with Crippen molar-refractivity contribution in [2.24, 2.45) is 0 Å². The molecule has 0 fully saturated rings. The fourth-order valence-corrected chi connectivity index (χ4v) is 3.91. The van der Waals surface area contributed by atoms with E-state index >= 15 is 0 Å². The Morgan fingerprint density at radius 2 is 1.93 bits per heavy atom. The molecular formula is C23H20FNO3S. The summed E-state index contributed by atoms with van der Waals surface area (Å²) in [5.41, 5.74) is 3.32. The van der Waals surface area contributed by atoms with Gasteiger partial charge in [0.15, 0.2) is 0 Å². The summed E-state index contributed by atoms with van der Waals surface area (Å²) < 4.78 is 25.0. The summed E-state index contributed by atoms with van der Waals surface area (Å²) in [6.07, 6.45) is 0.702. The number of aromatic nitrogens is 1. The Balaban J connectivity index is 1.76. The average Bonchev–Trinajstić information content (AvgIpc) is 3.12. The first kappa shape index (κ1) is 19.3. The van der Waals surface area contributed by atoms with E-state index in [1.165, 1.54) is 23.5 Å². The predicted octanol–water partition coefficient (Wildman–Crippen LogP) is 5.81. The molecule has 4 rings (SSSR count). The number of thiazole rings is 1. The fourth-order valence-electron chi connectivity index (χ4n) is 3.31. The summed E-state index contributed by atoms with van der Waals surface area (Å²) in [4.78, 5) is 17.6. The van der Waals surface area contributed by atoms with Crippen molar-refractivity contribution < 1.29 is 13.5 Å². The van der Waals surface area contributed by atoms with Crippen molar-refractivity contribution in [2.75, 3.05) is 0 Å². The number of rotatable bonds is 5. The largest absolute Gasteiger partial charge is 0.488 e. The van der Waals surface area contributed by atoms with Gasteiger partial charge in [-0.25, -0.2) is 9.37 Å². The van der Waals surface area contributed by atoms with E-state index in [1.54, 1.807) is 25.1 Å². The first-order valence-electron chi connectivity index (χ1n) is 9.36. The van der Waals surface area contributed by atoms with E-state index in [9.17, 15) is 9.18 Å². The van der Waals surface area contributed by atoms with Crippen LogP contribution >= 0.6 is 11.3 Å². The summed E-state index contributed by atoms with van der Waals surface area (Å²) in [6.45, 7) is 5.99. The van der Waals surface area contributed by atoms with Crippen molar-refractivity contribution in [3.63, 3.8) is 0 Å². The standard InChI is InChI=1S/C23H20FNO3S/c1-4-16-9-18-21(10-20(16)27-11-15-5-7-17(24)8-6-15)28-13(2)22(23(18)26)19-12-29-14(3)25-19/h5-10,12H,4,11H2,1-3H3. The zero-order valence-corrected chi connectivity index (χ0v) is 17.2. The van der Waals surface area contributed by atoms with Crippen LogP contribution < -0.4 is 10.2 Å². The SMILES string of the molecule is CCc1cc2c(=O)c(-c3csc(C)n3)c(C)oc2cc1OCc1ccc(F)cc1. The lowest BCUT2D eigenvalue weighted by Gasteiger charge is -2.13. The van der Waals surface area contributed by atoms with Crippen LogP contribution in [0, 0.1) is 19.7 Å². The molecule has 0 amide bonds. The van der Waals surface area contributed by atoms with Gasteiger partial charge in [0.1, 0.15) is 29.5 Å². The molecule has 2 heterocycles. The second-order valence-corrected chi connectivity index (χ2v) is 7.90. The highest BCUT2D eigenvalue weighted by Gasteiger charge is 2.18. The van der Waals surface area contributed by atoms with Crippen LogP contribution in [-0.4, -0.2) is 4.98 Å². The molecule has 4 nitrogen and oxygen atoms in total. The van der Waals surface area contributed by atoms with Gasteiger partial charge in [-0.2, -0.15) is 0 Å². The smallest absolute Gasteiger partial charge is 0.202 e. The van der Waals surface area contributed by atoms with Gasteiger partial charge in [-0.15, -0.1) is 11.3 Å². The van der Waals surface area contributed by atoms with Crippen LogP contribution in [-0.2, 0) is 13.0 Å². The van der Waals surface area contributed by atoms with Crippen molar-refractivity contribution in [1.29, 1.82) is 0 Å². The molecule has 148 valence electrons. The van der Waals surface area contributed by atoms with E-state index in [0.717, 1.165) is 16.1 Å². The Labute approximate surface area is 171 Å². The van der Waals surface area contributed by atoms with E-state index < -0.39 is 0 Å². The minimum Gasteiger partial charge on any atom is -0.488 e. The normalized spacial score (nSPS) is 11.2. The van der Waals surface area contributed by atoms with Crippen molar-refractivity contribution in [1.82, 2.24) is 4.98 Å². The van der Waals surface area contributed by atoms with Gasteiger partial charge in [0.25, 0.3) is 0 Å². The Bertz CT molecular complexity index is 1240. The van der Waals surface area contributed by atoms with E-state index in [0.29, 0.717) is 46.8 Å². The number of nitrogens with zero attached hydrogens (tertiary/aromatic N) is 1. The first-order chi connectivity index (χ1) is 14.0. The molecule has 0 N–H and O–H groups in total. The third-order valence-corrected chi connectivity index (χ3v) is 5.59. The van der Waals surface area contributed by atoms with Gasteiger partial charge in [0, 0.05) is 11.4 Å². The van der Waals surface area contributed by atoms with Crippen LogP contribution in [0.1, 0.15) is 28.8 Å². The second kappa shape index (κ2) is 7.79. The molecule has 0 aliphatic rings. The molecule has 0 bridgehead atoms. The summed E-state index contributed by atoms with van der Waals surface area (Å²) in [6, 6.07) is 9.79. The zero-order chi connectivity index (χ0) is 20.5. The number of hydrogen-bond donors (Lipinski definition) is 0. The molecule has 0 aliphatic carbocycles. The number of aryl methyl sites for hydroxylation is 3. The minimum atomic E-state index is -0.280. The van der Waals surface area contributed by atoms with Crippen LogP contribution in [0.5, 0.6) is 5.75 Å². The highest BCUT2D eigenvalue weighted by Crippen LogP contribution is 2.30. The fraction of sp³-hybridized carbons (Fsp3) is 0.217. The van der Waals surface area contributed by atoms with Gasteiger partial charge in [0.2, 0.25) is 5.43 Å². The Morgan fingerprint density at radius 3 is 2.59 bits per heavy atom. The number of halogens is 1. The summed E-state index contributed by atoms with van der Waals surface area (Å²) in [5.74, 6) is 0.905. The maximum Gasteiger partial charge on any atom is 0.202 e. The summed E-state index contributed by atoms with van der Waals surface area (Å²) >= 11 is 1.50. The van der Waals surface area contributed by atoms with E-state index in [4.69, 9.17) is 9.15 Å². The molecule has 4 aromatic rings. The molecule has 0 unspecified atom stereocenters. The van der Waals surface area contributed by atoms with E-state index in [2.05, 4.69) is 4.98 Å². The molecule has 2 aromatic carbocycles. The Morgan fingerprint density at radius 1 is 1.17 bits per heavy atom. The number of fused-ring (bicyclic) bond motifs is 1. The molecule has 0 saturated carbocycles. The Kier molecular flexibility index (Phi) is 5.20. The minimum absolute atomic E-state index is 0.0890. The third-order valence-electron chi connectivity index (χ3n) is 4.81. The van der Waals surface area contributed by atoms with E-state index in [-0.39, 0.29) is 11.2 Å². The topological polar surface area (TPSA) is 52.3 Å². The molecule has 2 aromatic heterocycles. The van der Waals surface area contributed by atoms with Crippen LogP contribution in [0.3, 0.4) is 0 Å². The molecular weight excluding hydrogens is 389 g/mol. The highest BCUT2D eigenvalue weighted by atomic mass is 32.1. The highest BCUT2D eigenvalue weighted by molar-refractivity contribution is 7.09. The maximum atomic E-state index is 13.2. The first-order valence-corrected chi connectivity index (χ1v) is 10.2. The number of ether oxygens (including phenoxy) is 1. The third kappa shape index (κ3) is 3.80. The van der Waals surface area contributed by atoms with Crippen LogP contribution in [0.2, 0.25) is 0 Å². The van der Waals surface area contributed by atoms with E-state index in [1.807, 2.05) is 25.3 Å². The van der Waals surface area contributed by atoms with Gasteiger partial charge in [-0.1, -0.05) is 19.1 Å². The van der Waals surface area contributed by atoms with Gasteiger partial charge in [-0.05, 0) is 49.6 Å². The maximum absolute atomic E-state index is 13.2. The van der Waals surface area contributed by atoms with Crippen LogP contribution in [0.4, 0.5) is 4.39 Å². The van der Waals surface area contributed by atoms with Crippen molar-refractivity contribution >= 4 is 22.3 Å². The van der Waals surface area contributed by atoms with Crippen molar-refractivity contribution in [3.8, 4) is 17.0 Å². The van der Waals surface area contributed by atoms with Gasteiger partial charge in [-0.3, -0.25) is 4.79 Å². The number of benzene rings is 2. The molecule has 6 heteroatoms. The average molecular weight is 409 g/mol. The molecule has 0 saturated heterocycles. The van der Waals surface area contributed by atoms with Gasteiger partial charge < -0.3 is 9.15 Å². The predicted molar refractivity (Wildman–Crippen MR) is 113 cm³/mol. The summed E-state index contributed by atoms with van der Waals surface area (Å²) in [5, 5.41) is 3.29. The zero-order valence-electron chi connectivity index (χ0n) is 16.4. The number of hydrogen-bond acceptors (Lipinski definition) is 5. The Hall–Kier alpha value is -2.99. The lowest BCUT2D eigenvalue weighted by Crippen LogP contribution is -2.09. The lowest BCUT2D eigenvalue weighted by atomic mass is 10.0. The lowest BCUT2D eigenvalue weighted by molar-refractivity contribution is 0.303.